The minimum atomic E-state index is -0.717. The second-order valence-electron chi connectivity index (χ2n) is 25.6. The van der Waals surface area contributed by atoms with E-state index in [4.69, 9.17) is 47.4 Å². The molecule has 550 valence electrons. The predicted octanol–water partition coefficient (Wildman–Crippen LogP) is 15.6. The Morgan fingerprint density at radius 3 is 1.16 bits per heavy atom. The fourth-order valence-electron chi connectivity index (χ4n) is 11.1. The van der Waals surface area contributed by atoms with E-state index < -0.39 is 12.1 Å². The molecule has 0 heterocycles. The van der Waals surface area contributed by atoms with Crippen molar-refractivity contribution >= 4 is 29.8 Å². The lowest BCUT2D eigenvalue weighted by molar-refractivity contribution is -0.150. The van der Waals surface area contributed by atoms with E-state index in [-0.39, 0.29) is 75.2 Å². The number of hydrogen-bond donors (Lipinski definition) is 2. The molecule has 0 aromatic rings. The van der Waals surface area contributed by atoms with E-state index in [0.29, 0.717) is 92.2 Å². The van der Waals surface area contributed by atoms with Gasteiger partial charge in [0.15, 0.2) is 6.10 Å². The quantitative estimate of drug-likeness (QED) is 0.0330. The molecule has 0 bridgehead atoms. The smallest absolute Gasteiger partial charge is 0.320 e. The van der Waals surface area contributed by atoms with Crippen LogP contribution in [0.25, 0.3) is 0 Å². The van der Waals surface area contributed by atoms with Crippen molar-refractivity contribution in [1.29, 1.82) is 0 Å². The molecule has 0 aliphatic carbocycles. The van der Waals surface area contributed by atoms with Gasteiger partial charge in [0.2, 0.25) is 0 Å². The third-order valence-electron chi connectivity index (χ3n) is 17.0. The Morgan fingerprint density at radius 1 is 0.323 bits per heavy atom. The summed E-state index contributed by atoms with van der Waals surface area (Å²) < 4.78 is 57.1. The Labute approximate surface area is 569 Å². The number of nitrogens with zero attached hydrogens (tertiary/aromatic N) is 1. The first kappa shape index (κ1) is 90.0. The lowest BCUT2D eigenvalue weighted by Crippen LogP contribution is -2.45. The van der Waals surface area contributed by atoms with E-state index in [9.17, 15) is 24.0 Å². The Morgan fingerprint density at radius 2 is 0.677 bits per heavy atom. The third kappa shape index (κ3) is 62.3. The first-order valence-corrected chi connectivity index (χ1v) is 38.4. The fourth-order valence-corrected chi connectivity index (χ4v) is 11.1. The molecule has 0 radical (unpaired) electrons. The second-order valence-corrected chi connectivity index (χ2v) is 25.6. The number of nitrogens with one attached hydrogen (secondary N) is 2. The van der Waals surface area contributed by atoms with Crippen molar-refractivity contribution in [1.82, 2.24) is 15.5 Å². The molecule has 1 amide bonds. The summed E-state index contributed by atoms with van der Waals surface area (Å²) in [7, 11) is 1.59. The van der Waals surface area contributed by atoms with Crippen LogP contribution in [-0.4, -0.2) is 180 Å². The molecule has 93 heavy (non-hydrogen) atoms. The Bertz CT molecular complexity index is 1630. The van der Waals surface area contributed by atoms with Crippen LogP contribution in [0.3, 0.4) is 0 Å². The number of esters is 4. The van der Waals surface area contributed by atoms with Crippen molar-refractivity contribution in [3.8, 4) is 0 Å². The second kappa shape index (κ2) is 73.3. The topological polar surface area (TPSA) is 205 Å². The van der Waals surface area contributed by atoms with Crippen molar-refractivity contribution in [2.75, 3.05) is 139 Å². The molecule has 0 rings (SSSR count). The average Bonchev–Trinajstić information content (AvgIpc) is 3.50. The summed E-state index contributed by atoms with van der Waals surface area (Å²) in [4.78, 5) is 66.6. The lowest BCUT2D eigenvalue weighted by Gasteiger charge is -2.28. The van der Waals surface area contributed by atoms with E-state index in [1.54, 1.807) is 7.11 Å². The molecule has 3 atom stereocenters. The maximum absolute atomic E-state index is 14.5. The van der Waals surface area contributed by atoms with Crippen LogP contribution in [0.2, 0.25) is 0 Å². The molecule has 0 aromatic heterocycles. The number of unbranched alkanes of at least 4 members (excludes halogenated alkanes) is 29. The molecule has 0 aromatic carbocycles. The summed E-state index contributed by atoms with van der Waals surface area (Å²) in [6, 6.07) is 0. The third-order valence-corrected chi connectivity index (χ3v) is 17.0. The summed E-state index contributed by atoms with van der Waals surface area (Å²) in [6.45, 7) is 19.0. The number of ether oxygens (including phenoxy) is 10. The number of carbonyl (C=O) groups is 5. The molecule has 2 N–H and O–H groups in total. The summed E-state index contributed by atoms with van der Waals surface area (Å²) in [5.41, 5.74) is 0. The molecule has 18 heteroatoms. The molecule has 3 unspecified atom stereocenters. The van der Waals surface area contributed by atoms with Crippen molar-refractivity contribution in [3.63, 3.8) is 0 Å². The van der Waals surface area contributed by atoms with Crippen LogP contribution in [0.5, 0.6) is 0 Å². The van der Waals surface area contributed by atoms with Gasteiger partial charge in [-0.2, -0.15) is 0 Å². The van der Waals surface area contributed by atoms with E-state index in [1.165, 1.54) is 122 Å². The van der Waals surface area contributed by atoms with E-state index in [1.807, 2.05) is 4.90 Å². The first-order chi connectivity index (χ1) is 45.7. The van der Waals surface area contributed by atoms with E-state index in [0.717, 1.165) is 141 Å². The zero-order valence-electron chi connectivity index (χ0n) is 60.9. The van der Waals surface area contributed by atoms with Gasteiger partial charge in [0.05, 0.1) is 77.8 Å². The number of rotatable bonds is 76. The highest BCUT2D eigenvalue weighted by Gasteiger charge is 2.26. The standard InChI is InChI=1S/C75H145N3O15/c1-7-12-17-22-25-35-46-68(44-33-20-15-10-4)74(82)92-56-42-29-28-38-54-88-67-70(89-55-41-30-31-43-57-93-75(83)69(45-34-21-16-11-5)47-36-26-23-18-13-8-2)73(81)78(50-37-27-24-19-14-9-3)51-60-85-52-39-32-40-53-86-61-62-87-63-64-91-72(80)66-77-49-59-90-71(79)65-76-48-58-84-6/h68-70,76-77H,7-67H2,1-6H3. The highest BCUT2D eigenvalue weighted by Crippen LogP contribution is 2.23. The van der Waals surface area contributed by atoms with Gasteiger partial charge in [-0.3, -0.25) is 24.0 Å². The van der Waals surface area contributed by atoms with Gasteiger partial charge in [-0.1, -0.05) is 208 Å². The Balaban J connectivity index is 5.22. The molecule has 0 fully saturated rings. The fraction of sp³-hybridized carbons (Fsp3) is 0.933. The van der Waals surface area contributed by atoms with Crippen LogP contribution in [0.15, 0.2) is 0 Å². The number of amides is 1. The minimum Gasteiger partial charge on any atom is -0.465 e. The molecule has 0 saturated heterocycles. The van der Waals surface area contributed by atoms with Crippen LogP contribution in [0, 0.1) is 11.8 Å². The highest BCUT2D eigenvalue weighted by molar-refractivity contribution is 5.81. The van der Waals surface area contributed by atoms with Crippen LogP contribution in [0.1, 0.15) is 298 Å². The number of carbonyl (C=O) groups excluding carboxylic acids is 5. The molecule has 0 aliphatic heterocycles. The van der Waals surface area contributed by atoms with Crippen LogP contribution in [-0.2, 0) is 71.3 Å². The van der Waals surface area contributed by atoms with Crippen molar-refractivity contribution in [2.45, 2.75) is 304 Å². The zero-order valence-corrected chi connectivity index (χ0v) is 60.9. The monoisotopic (exact) mass is 1330 g/mol. The van der Waals surface area contributed by atoms with Crippen LogP contribution >= 0.6 is 0 Å². The molecule has 0 spiro atoms. The molecule has 0 aliphatic rings. The van der Waals surface area contributed by atoms with Gasteiger partial charge < -0.3 is 62.9 Å². The summed E-state index contributed by atoms with van der Waals surface area (Å²) >= 11 is 0. The van der Waals surface area contributed by atoms with Gasteiger partial charge in [0, 0.05) is 59.7 Å². The van der Waals surface area contributed by atoms with Gasteiger partial charge in [-0.15, -0.1) is 0 Å². The van der Waals surface area contributed by atoms with E-state index in [2.05, 4.69) is 45.3 Å². The Hall–Kier alpha value is -2.97. The SMILES string of the molecule is CCCCCCCCC(CCCCCC)C(=O)OCCCCCCOCC(OCCCCCCOC(=O)C(CCCCCC)CCCCCCCC)C(=O)N(CCCCCCCC)CCOCCCCCOCCOCCOC(=O)CNCCOC(=O)CNCCOC. The summed E-state index contributed by atoms with van der Waals surface area (Å²) in [5, 5.41) is 5.81. The first-order valence-electron chi connectivity index (χ1n) is 38.4. The van der Waals surface area contributed by atoms with Gasteiger partial charge in [0.25, 0.3) is 5.91 Å². The van der Waals surface area contributed by atoms with Crippen molar-refractivity contribution in [3.05, 3.63) is 0 Å². The highest BCUT2D eigenvalue weighted by atomic mass is 16.6. The van der Waals surface area contributed by atoms with E-state index >= 15 is 0 Å². The van der Waals surface area contributed by atoms with Gasteiger partial charge in [-0.05, 0) is 89.9 Å². The Kier molecular flexibility index (Phi) is 70.9. The van der Waals surface area contributed by atoms with Crippen LogP contribution in [0.4, 0.5) is 0 Å². The lowest BCUT2D eigenvalue weighted by atomic mass is 9.94. The van der Waals surface area contributed by atoms with Gasteiger partial charge in [-0.25, -0.2) is 0 Å². The average molecular weight is 1330 g/mol. The molecule has 0 saturated carbocycles. The number of methoxy groups -OCH3 is 1. The normalized spacial score (nSPS) is 12.5. The number of hydrogen-bond acceptors (Lipinski definition) is 17. The molecule has 18 nitrogen and oxygen atoms in total. The summed E-state index contributed by atoms with van der Waals surface area (Å²) in [6.07, 6.45) is 43.6. The van der Waals surface area contributed by atoms with Gasteiger partial charge >= 0.3 is 23.9 Å². The van der Waals surface area contributed by atoms with Gasteiger partial charge in [0.1, 0.15) is 13.2 Å². The van der Waals surface area contributed by atoms with Crippen molar-refractivity contribution < 1.29 is 71.3 Å². The van der Waals surface area contributed by atoms with Crippen LogP contribution < -0.4 is 10.6 Å². The maximum Gasteiger partial charge on any atom is 0.320 e. The molecular weight excluding hydrogens is 1180 g/mol. The maximum atomic E-state index is 14.5. The largest absolute Gasteiger partial charge is 0.465 e. The summed E-state index contributed by atoms with van der Waals surface area (Å²) in [5.74, 6) is -0.816. The van der Waals surface area contributed by atoms with Crippen molar-refractivity contribution in [2.24, 2.45) is 11.8 Å². The molecular formula is C75H145N3O15. The predicted molar refractivity (Wildman–Crippen MR) is 376 cm³/mol. The zero-order chi connectivity index (χ0) is 67.8. The minimum absolute atomic E-state index is 0.00744.